The minimum absolute atomic E-state index is 0.0998. The van der Waals surface area contributed by atoms with Crippen LogP contribution in [-0.4, -0.2) is 12.7 Å². The maximum atomic E-state index is 6.18. The van der Waals surface area contributed by atoms with Gasteiger partial charge in [0.1, 0.15) is 29.0 Å². The Morgan fingerprint density at radius 1 is 1.00 bits per heavy atom. The summed E-state index contributed by atoms with van der Waals surface area (Å²) in [5.74, 6) is 2.73. The Balaban J connectivity index is 1.75. The monoisotopic (exact) mass is 312 g/mol. The molecule has 0 N–H and O–H groups in total. The van der Waals surface area contributed by atoms with Crippen LogP contribution >= 0.6 is 0 Å². The number of aryl methyl sites for hydroxylation is 1. The van der Waals surface area contributed by atoms with Crippen LogP contribution in [0.1, 0.15) is 44.4 Å². The Bertz CT molecular complexity index is 668. The van der Waals surface area contributed by atoms with E-state index in [4.69, 9.17) is 14.2 Å². The van der Waals surface area contributed by atoms with Gasteiger partial charge in [0.15, 0.2) is 0 Å². The first-order valence-corrected chi connectivity index (χ1v) is 8.07. The molecule has 3 nitrogen and oxygen atoms in total. The smallest absolute Gasteiger partial charge is 0.124 e. The summed E-state index contributed by atoms with van der Waals surface area (Å²) in [4.78, 5) is 0. The summed E-state index contributed by atoms with van der Waals surface area (Å²) in [5, 5.41) is 0. The number of benzene rings is 2. The molecule has 0 bridgehead atoms. The summed E-state index contributed by atoms with van der Waals surface area (Å²) in [6, 6.07) is 14.2. The number of methoxy groups -OCH3 is 1. The van der Waals surface area contributed by atoms with E-state index < -0.39 is 0 Å². The van der Waals surface area contributed by atoms with Gasteiger partial charge in [0, 0.05) is 0 Å². The van der Waals surface area contributed by atoms with E-state index >= 15 is 0 Å². The summed E-state index contributed by atoms with van der Waals surface area (Å²) in [6.45, 7) is 6.17. The topological polar surface area (TPSA) is 27.7 Å². The van der Waals surface area contributed by atoms with Crippen LogP contribution in [0.3, 0.4) is 0 Å². The zero-order valence-corrected chi connectivity index (χ0v) is 14.3. The molecular formula is C20H24O3. The van der Waals surface area contributed by atoms with Gasteiger partial charge in [-0.25, -0.2) is 0 Å². The number of ether oxygens (including phenoxy) is 3. The summed E-state index contributed by atoms with van der Waals surface area (Å²) >= 11 is 0. The maximum Gasteiger partial charge on any atom is 0.124 e. The third kappa shape index (κ3) is 3.79. The second kappa shape index (κ2) is 6.15. The fourth-order valence-electron chi connectivity index (χ4n) is 2.84. The van der Waals surface area contributed by atoms with Gasteiger partial charge in [-0.05, 0) is 75.1 Å². The van der Waals surface area contributed by atoms with Crippen molar-refractivity contribution >= 4 is 0 Å². The molecule has 0 radical (unpaired) electrons. The molecule has 1 heterocycles. The molecule has 0 fully saturated rings. The molecule has 0 saturated carbocycles. The van der Waals surface area contributed by atoms with Gasteiger partial charge >= 0.3 is 0 Å². The van der Waals surface area contributed by atoms with E-state index in [0.29, 0.717) is 0 Å². The van der Waals surface area contributed by atoms with Crippen molar-refractivity contribution in [2.24, 2.45) is 0 Å². The molecule has 1 unspecified atom stereocenters. The Hall–Kier alpha value is -2.16. The zero-order chi connectivity index (χ0) is 16.4. The predicted octanol–water partition coefficient (Wildman–Crippen LogP) is 4.94. The van der Waals surface area contributed by atoms with Crippen molar-refractivity contribution in [2.75, 3.05) is 7.11 Å². The van der Waals surface area contributed by atoms with Crippen molar-refractivity contribution in [1.29, 1.82) is 0 Å². The molecule has 0 spiro atoms. The molecule has 122 valence electrons. The molecule has 3 rings (SSSR count). The minimum atomic E-state index is -0.185. The lowest BCUT2D eigenvalue weighted by Crippen LogP contribution is -2.23. The molecule has 1 aliphatic rings. The second-order valence-corrected chi connectivity index (χ2v) is 6.90. The lowest BCUT2D eigenvalue weighted by atomic mass is 9.97. The Kier molecular flexibility index (Phi) is 4.20. The van der Waals surface area contributed by atoms with Crippen LogP contribution in [0.5, 0.6) is 17.2 Å². The molecule has 0 aliphatic carbocycles. The third-order valence-corrected chi connectivity index (χ3v) is 3.89. The van der Waals surface area contributed by atoms with Gasteiger partial charge in [0.25, 0.3) is 0 Å². The van der Waals surface area contributed by atoms with Crippen molar-refractivity contribution in [3.8, 4) is 17.2 Å². The standard InChI is InChI=1S/C20H24O3/c1-20(2,3)23-17-10-12-19-15(13-17)7-11-18(22-19)14-5-8-16(21-4)9-6-14/h5-6,8-10,12-13,18H,7,11H2,1-4H3. The van der Waals surface area contributed by atoms with Crippen LogP contribution < -0.4 is 14.2 Å². The zero-order valence-electron chi connectivity index (χ0n) is 14.3. The summed E-state index contributed by atoms with van der Waals surface area (Å²) in [7, 11) is 1.68. The minimum Gasteiger partial charge on any atom is -0.497 e. The van der Waals surface area contributed by atoms with Gasteiger partial charge in [0.2, 0.25) is 0 Å². The molecule has 1 aliphatic heterocycles. The number of fused-ring (bicyclic) bond motifs is 1. The van der Waals surface area contributed by atoms with Crippen molar-refractivity contribution in [3.63, 3.8) is 0 Å². The van der Waals surface area contributed by atoms with E-state index in [1.807, 2.05) is 24.3 Å². The molecule has 0 saturated heterocycles. The molecule has 0 aromatic heterocycles. The predicted molar refractivity (Wildman–Crippen MR) is 91.5 cm³/mol. The maximum absolute atomic E-state index is 6.18. The number of hydrogen-bond donors (Lipinski definition) is 0. The fourth-order valence-corrected chi connectivity index (χ4v) is 2.84. The lowest BCUT2D eigenvalue weighted by molar-refractivity contribution is 0.129. The van der Waals surface area contributed by atoms with Crippen molar-refractivity contribution in [1.82, 2.24) is 0 Å². The molecule has 1 atom stereocenters. The highest BCUT2D eigenvalue weighted by atomic mass is 16.5. The van der Waals surface area contributed by atoms with E-state index in [2.05, 4.69) is 39.0 Å². The van der Waals surface area contributed by atoms with Crippen molar-refractivity contribution in [3.05, 3.63) is 53.6 Å². The first kappa shape index (κ1) is 15.7. The van der Waals surface area contributed by atoms with E-state index in [1.165, 1.54) is 11.1 Å². The van der Waals surface area contributed by atoms with Crippen LogP contribution in [0, 0.1) is 0 Å². The highest BCUT2D eigenvalue weighted by Crippen LogP contribution is 2.37. The Morgan fingerprint density at radius 3 is 2.35 bits per heavy atom. The van der Waals surface area contributed by atoms with Crippen molar-refractivity contribution < 1.29 is 14.2 Å². The average Bonchev–Trinajstić information content (AvgIpc) is 2.53. The number of hydrogen-bond acceptors (Lipinski definition) is 3. The molecule has 2 aromatic carbocycles. The molecule has 0 amide bonds. The lowest BCUT2D eigenvalue weighted by Gasteiger charge is -2.28. The quantitative estimate of drug-likeness (QED) is 0.803. The molecule has 2 aromatic rings. The third-order valence-electron chi connectivity index (χ3n) is 3.89. The van der Waals surface area contributed by atoms with Gasteiger partial charge < -0.3 is 14.2 Å². The largest absolute Gasteiger partial charge is 0.497 e. The van der Waals surface area contributed by atoms with Gasteiger partial charge in [-0.1, -0.05) is 12.1 Å². The van der Waals surface area contributed by atoms with Crippen LogP contribution in [0.4, 0.5) is 0 Å². The molecule has 3 heteroatoms. The molecular weight excluding hydrogens is 288 g/mol. The van der Waals surface area contributed by atoms with Crippen LogP contribution in [0.2, 0.25) is 0 Å². The highest BCUT2D eigenvalue weighted by molar-refractivity contribution is 5.43. The van der Waals surface area contributed by atoms with Crippen LogP contribution in [-0.2, 0) is 6.42 Å². The highest BCUT2D eigenvalue weighted by Gasteiger charge is 2.22. The van der Waals surface area contributed by atoms with Crippen molar-refractivity contribution in [2.45, 2.75) is 45.3 Å². The van der Waals surface area contributed by atoms with Crippen LogP contribution in [0.15, 0.2) is 42.5 Å². The van der Waals surface area contributed by atoms with E-state index in [1.54, 1.807) is 7.11 Å². The molecule has 23 heavy (non-hydrogen) atoms. The number of rotatable bonds is 3. The fraction of sp³-hybridized carbons (Fsp3) is 0.400. The first-order valence-electron chi connectivity index (χ1n) is 8.07. The Morgan fingerprint density at radius 2 is 1.70 bits per heavy atom. The van der Waals surface area contributed by atoms with E-state index in [-0.39, 0.29) is 11.7 Å². The van der Waals surface area contributed by atoms with Gasteiger partial charge in [-0.2, -0.15) is 0 Å². The van der Waals surface area contributed by atoms with Gasteiger partial charge in [0.05, 0.1) is 7.11 Å². The normalized spacial score (nSPS) is 17.1. The summed E-state index contributed by atoms with van der Waals surface area (Å²) < 4.78 is 17.3. The first-order chi connectivity index (χ1) is 10.9. The van der Waals surface area contributed by atoms with E-state index in [0.717, 1.165) is 30.1 Å². The van der Waals surface area contributed by atoms with Gasteiger partial charge in [-0.15, -0.1) is 0 Å². The summed E-state index contributed by atoms with van der Waals surface area (Å²) in [5.41, 5.74) is 2.22. The Labute approximate surface area is 138 Å². The van der Waals surface area contributed by atoms with Gasteiger partial charge in [-0.3, -0.25) is 0 Å². The average molecular weight is 312 g/mol. The second-order valence-electron chi connectivity index (χ2n) is 6.90. The SMILES string of the molecule is COc1ccc(C2CCc3cc(OC(C)(C)C)ccc3O2)cc1. The van der Waals surface area contributed by atoms with Crippen LogP contribution in [0.25, 0.3) is 0 Å². The summed E-state index contributed by atoms with van der Waals surface area (Å²) in [6.07, 6.45) is 2.06. The van der Waals surface area contributed by atoms with E-state index in [9.17, 15) is 0 Å².